The molecule has 7 heteroatoms. The van der Waals surface area contributed by atoms with Crippen LogP contribution in [0.25, 0.3) is 6.08 Å². The Hall–Kier alpha value is -2.38. The second-order valence-electron chi connectivity index (χ2n) is 7.65. The van der Waals surface area contributed by atoms with Crippen LogP contribution in [0.4, 0.5) is 0 Å². The highest BCUT2D eigenvalue weighted by Crippen LogP contribution is 2.26. The van der Waals surface area contributed by atoms with Crippen LogP contribution in [0.2, 0.25) is 0 Å². The van der Waals surface area contributed by atoms with Crippen molar-refractivity contribution in [3.63, 3.8) is 0 Å². The van der Waals surface area contributed by atoms with Gasteiger partial charge in [0.1, 0.15) is 11.5 Å². The summed E-state index contributed by atoms with van der Waals surface area (Å²) < 4.78 is 33.0. The first-order valence-electron chi connectivity index (χ1n) is 10.1. The minimum absolute atomic E-state index is 0.134. The number of hydrogen-bond donors (Lipinski definition) is 0. The number of benzene rings is 1. The third-order valence-corrected chi connectivity index (χ3v) is 7.55. The predicted octanol–water partition coefficient (Wildman–Crippen LogP) is 3.01. The summed E-state index contributed by atoms with van der Waals surface area (Å²) in [5.74, 6) is 1.28. The lowest BCUT2D eigenvalue weighted by molar-refractivity contribution is -0.127. The van der Waals surface area contributed by atoms with Gasteiger partial charge in [-0.3, -0.25) is 4.79 Å². The van der Waals surface area contributed by atoms with E-state index in [9.17, 15) is 13.2 Å². The van der Waals surface area contributed by atoms with Crippen molar-refractivity contribution < 1.29 is 17.6 Å². The van der Waals surface area contributed by atoms with Crippen molar-refractivity contribution in [2.75, 3.05) is 26.2 Å². The fourth-order valence-electron chi connectivity index (χ4n) is 3.97. The molecule has 6 nitrogen and oxygen atoms in total. The topological polar surface area (TPSA) is 70.8 Å². The van der Waals surface area contributed by atoms with Crippen molar-refractivity contribution in [2.24, 2.45) is 0 Å². The number of nitrogens with zero attached hydrogens (tertiary/aromatic N) is 2. The van der Waals surface area contributed by atoms with E-state index in [0.29, 0.717) is 36.8 Å². The second-order valence-corrected chi connectivity index (χ2v) is 9.59. The summed E-state index contributed by atoms with van der Waals surface area (Å²) in [5.41, 5.74) is 2.42. The number of furan rings is 1. The third-order valence-electron chi connectivity index (χ3n) is 5.66. The van der Waals surface area contributed by atoms with Gasteiger partial charge in [0.05, 0.1) is 4.90 Å². The van der Waals surface area contributed by atoms with Gasteiger partial charge in [0, 0.05) is 32.3 Å². The molecule has 154 valence electrons. The molecule has 0 bridgehead atoms. The number of rotatable bonds is 4. The molecule has 4 rings (SSSR count). The average Bonchev–Trinajstić information content (AvgIpc) is 3.17. The lowest BCUT2D eigenvalue weighted by atomic mass is 9.92. The molecule has 1 saturated heterocycles. The van der Waals surface area contributed by atoms with Gasteiger partial charge in [-0.25, -0.2) is 8.42 Å². The van der Waals surface area contributed by atoms with Crippen LogP contribution >= 0.6 is 0 Å². The highest BCUT2D eigenvalue weighted by Gasteiger charge is 2.30. The Morgan fingerprint density at radius 3 is 2.41 bits per heavy atom. The normalized spacial score (nSPS) is 18.2. The molecule has 29 heavy (non-hydrogen) atoms. The first-order valence-corrected chi connectivity index (χ1v) is 11.5. The molecular weight excluding hydrogens is 388 g/mol. The number of sulfonamides is 1. The lowest BCUT2D eigenvalue weighted by Gasteiger charge is -2.33. The Balaban J connectivity index is 1.39. The van der Waals surface area contributed by atoms with Crippen LogP contribution in [0.1, 0.15) is 35.5 Å². The van der Waals surface area contributed by atoms with Crippen molar-refractivity contribution in [3.8, 4) is 0 Å². The number of hydrogen-bond acceptors (Lipinski definition) is 4. The van der Waals surface area contributed by atoms with Crippen LogP contribution in [0.15, 0.2) is 45.7 Å². The molecule has 1 fully saturated rings. The Morgan fingerprint density at radius 1 is 1.00 bits per heavy atom. The van der Waals surface area contributed by atoms with E-state index >= 15 is 0 Å². The number of amides is 1. The molecule has 1 aliphatic heterocycles. The van der Waals surface area contributed by atoms with Crippen molar-refractivity contribution in [2.45, 2.75) is 37.5 Å². The van der Waals surface area contributed by atoms with E-state index in [1.807, 2.05) is 31.2 Å². The zero-order valence-corrected chi connectivity index (χ0v) is 17.5. The molecule has 1 amide bonds. The van der Waals surface area contributed by atoms with Crippen LogP contribution in [0, 0.1) is 6.92 Å². The van der Waals surface area contributed by atoms with Gasteiger partial charge in [0.15, 0.2) is 0 Å². The standard InChI is InChI=1S/C22H26N2O4S/c1-17-6-8-20(28-17)9-11-22(25)23-12-14-24(15-13-23)29(26,27)21-10-7-18-4-2-3-5-19(18)16-21/h6-11,16H,2-5,12-15H2,1H3/b11-9+. The zero-order chi connectivity index (χ0) is 20.4. The third kappa shape index (κ3) is 4.31. The second kappa shape index (κ2) is 8.16. The maximum atomic E-state index is 13.1. The summed E-state index contributed by atoms with van der Waals surface area (Å²) in [6.07, 6.45) is 7.38. The molecule has 2 heterocycles. The first-order chi connectivity index (χ1) is 13.9. The quantitative estimate of drug-likeness (QED) is 0.721. The molecule has 0 atom stereocenters. The van der Waals surface area contributed by atoms with Crippen LogP contribution < -0.4 is 0 Å². The molecule has 2 aliphatic rings. The predicted molar refractivity (Wildman–Crippen MR) is 111 cm³/mol. The lowest BCUT2D eigenvalue weighted by Crippen LogP contribution is -2.50. The van der Waals surface area contributed by atoms with Crippen molar-refractivity contribution in [1.29, 1.82) is 0 Å². The molecule has 0 spiro atoms. The number of piperazine rings is 1. The highest BCUT2D eigenvalue weighted by atomic mass is 32.2. The maximum Gasteiger partial charge on any atom is 0.246 e. The minimum Gasteiger partial charge on any atom is -0.462 e. The van der Waals surface area contributed by atoms with Gasteiger partial charge in [-0.05, 0) is 74.1 Å². The Bertz CT molecular complexity index is 1030. The van der Waals surface area contributed by atoms with Gasteiger partial charge in [-0.1, -0.05) is 6.07 Å². The van der Waals surface area contributed by atoms with E-state index in [0.717, 1.165) is 30.6 Å². The van der Waals surface area contributed by atoms with Crippen LogP contribution in [-0.4, -0.2) is 49.7 Å². The summed E-state index contributed by atoms with van der Waals surface area (Å²) in [7, 11) is -3.53. The van der Waals surface area contributed by atoms with Crippen LogP contribution in [0.5, 0.6) is 0 Å². The molecular formula is C22H26N2O4S. The maximum absolute atomic E-state index is 13.1. The Labute approximate surface area is 171 Å². The van der Waals surface area contributed by atoms with Crippen LogP contribution in [0.3, 0.4) is 0 Å². The molecule has 1 aromatic carbocycles. The summed E-state index contributed by atoms with van der Waals surface area (Å²) >= 11 is 0. The van der Waals surface area contributed by atoms with Crippen molar-refractivity contribution in [3.05, 3.63) is 59.1 Å². The van der Waals surface area contributed by atoms with Crippen molar-refractivity contribution in [1.82, 2.24) is 9.21 Å². The van der Waals surface area contributed by atoms with E-state index in [4.69, 9.17) is 4.42 Å². The molecule has 0 N–H and O–H groups in total. The molecule has 0 unspecified atom stereocenters. The highest BCUT2D eigenvalue weighted by molar-refractivity contribution is 7.89. The minimum atomic E-state index is -3.53. The van der Waals surface area contributed by atoms with Gasteiger partial charge in [0.25, 0.3) is 0 Å². The van der Waals surface area contributed by atoms with Gasteiger partial charge in [-0.2, -0.15) is 4.31 Å². The van der Waals surface area contributed by atoms with Gasteiger partial charge in [0.2, 0.25) is 15.9 Å². The summed E-state index contributed by atoms with van der Waals surface area (Å²) in [6.45, 7) is 3.22. The van der Waals surface area contributed by atoms with E-state index in [1.165, 1.54) is 22.4 Å². The zero-order valence-electron chi connectivity index (χ0n) is 16.6. The van der Waals surface area contributed by atoms with Gasteiger partial charge in [-0.15, -0.1) is 0 Å². The number of carbonyl (C=O) groups is 1. The number of aryl methyl sites for hydroxylation is 3. The Kier molecular flexibility index (Phi) is 5.61. The van der Waals surface area contributed by atoms with Crippen LogP contribution in [-0.2, 0) is 27.7 Å². The van der Waals surface area contributed by atoms with Gasteiger partial charge >= 0.3 is 0 Å². The monoisotopic (exact) mass is 414 g/mol. The Morgan fingerprint density at radius 2 is 1.72 bits per heavy atom. The molecule has 0 saturated carbocycles. The fourth-order valence-corrected chi connectivity index (χ4v) is 5.44. The first kappa shape index (κ1) is 19.9. The average molecular weight is 415 g/mol. The summed E-state index contributed by atoms with van der Waals surface area (Å²) in [5, 5.41) is 0. The number of carbonyl (C=O) groups excluding carboxylic acids is 1. The SMILES string of the molecule is Cc1ccc(/C=C/C(=O)N2CCN(S(=O)(=O)c3ccc4c(c3)CCCC4)CC2)o1. The van der Waals surface area contributed by atoms with Gasteiger partial charge < -0.3 is 9.32 Å². The number of fused-ring (bicyclic) bond motifs is 1. The van der Waals surface area contributed by atoms with E-state index in [1.54, 1.807) is 17.0 Å². The summed E-state index contributed by atoms with van der Waals surface area (Å²) in [4.78, 5) is 14.4. The molecule has 0 radical (unpaired) electrons. The van der Waals surface area contributed by atoms with E-state index in [2.05, 4.69) is 0 Å². The molecule has 2 aromatic rings. The smallest absolute Gasteiger partial charge is 0.246 e. The summed E-state index contributed by atoms with van der Waals surface area (Å²) in [6, 6.07) is 9.18. The molecule has 1 aromatic heterocycles. The van der Waals surface area contributed by atoms with Crippen molar-refractivity contribution >= 4 is 22.0 Å². The molecule has 1 aliphatic carbocycles. The largest absolute Gasteiger partial charge is 0.462 e. The van der Waals surface area contributed by atoms with E-state index < -0.39 is 10.0 Å². The van der Waals surface area contributed by atoms with E-state index in [-0.39, 0.29) is 5.91 Å². The fraction of sp³-hybridized carbons (Fsp3) is 0.409.